The van der Waals surface area contributed by atoms with E-state index < -0.39 is 7.14 Å². The fourth-order valence-corrected chi connectivity index (χ4v) is 5.02. The maximum atomic E-state index is 12.5. The Balaban J connectivity index is -0.000000282. The van der Waals surface area contributed by atoms with Gasteiger partial charge >= 0.3 is 37.7 Å². The Bertz CT molecular complexity index is 151. The first kappa shape index (κ1) is 27.4. The van der Waals surface area contributed by atoms with Crippen LogP contribution in [0, 0.1) is 0 Å². The topological polar surface area (TPSA) is 17.1 Å². The van der Waals surface area contributed by atoms with Crippen molar-refractivity contribution in [2.75, 3.05) is 18.5 Å². The molecule has 0 saturated heterocycles. The van der Waals surface area contributed by atoms with Gasteiger partial charge < -0.3 is 29.4 Å². The number of rotatable bonds is 9. The molecule has 0 aromatic carbocycles. The second-order valence-electron chi connectivity index (χ2n) is 4.29. The van der Waals surface area contributed by atoms with Crippen LogP contribution in [0.4, 0.5) is 0 Å². The molecule has 0 unspecified atom stereocenters. The summed E-state index contributed by atoms with van der Waals surface area (Å²) in [7, 11) is -1.77. The predicted molar refractivity (Wildman–Crippen MR) is 72.7 cm³/mol. The summed E-state index contributed by atoms with van der Waals surface area (Å²) in [6, 6.07) is 0. The van der Waals surface area contributed by atoms with Crippen molar-refractivity contribution >= 4 is 44.9 Å². The van der Waals surface area contributed by atoms with Crippen LogP contribution >= 0.6 is 7.14 Å². The number of unbranched alkanes of at least 4 members (excludes halogenated alkanes) is 3. The molecule has 102 valence electrons. The van der Waals surface area contributed by atoms with Gasteiger partial charge in [-0.15, -0.1) is 0 Å². The average Bonchev–Trinajstić information content (AvgIpc) is 2.21. The molecule has 0 aliphatic heterocycles. The molecule has 0 radical (unpaired) electrons. The van der Waals surface area contributed by atoms with E-state index in [4.69, 9.17) is 0 Å². The maximum absolute atomic E-state index is 12.5. The van der Waals surface area contributed by atoms with Crippen LogP contribution in [0.1, 0.15) is 59.3 Å². The molecule has 1 nitrogen and oxygen atoms in total. The summed E-state index contributed by atoms with van der Waals surface area (Å²) in [5.41, 5.74) is 0. The maximum Gasteiger partial charge on any atom is 2.00 e. The second kappa shape index (κ2) is 18.1. The minimum Gasteiger partial charge on any atom is -1.00 e. The Morgan fingerprint density at radius 2 is 0.941 bits per heavy atom. The smallest absolute Gasteiger partial charge is 1.00 e. The van der Waals surface area contributed by atoms with Crippen LogP contribution < -0.4 is 24.8 Å². The average molecular weight is 329 g/mol. The second-order valence-corrected chi connectivity index (χ2v) is 7.75. The van der Waals surface area contributed by atoms with E-state index in [1.807, 2.05) is 0 Å². The van der Waals surface area contributed by atoms with Crippen molar-refractivity contribution in [1.82, 2.24) is 0 Å². The van der Waals surface area contributed by atoms with Gasteiger partial charge in [0.05, 0.1) is 7.14 Å². The van der Waals surface area contributed by atoms with E-state index in [0.717, 1.165) is 37.7 Å². The Morgan fingerprint density at radius 3 is 1.12 bits per heavy atom. The Morgan fingerprint density at radius 1 is 0.706 bits per heavy atom. The molecule has 0 aromatic rings. The van der Waals surface area contributed by atoms with Gasteiger partial charge in [-0.25, -0.2) is 0 Å². The van der Waals surface area contributed by atoms with Crippen molar-refractivity contribution in [3.8, 4) is 0 Å². The zero-order valence-electron chi connectivity index (χ0n) is 11.7. The van der Waals surface area contributed by atoms with E-state index >= 15 is 0 Å². The first-order valence-electron chi connectivity index (χ1n) is 6.25. The molecule has 0 atom stereocenters. The van der Waals surface area contributed by atoms with Crippen LogP contribution in [0.15, 0.2) is 0 Å². The van der Waals surface area contributed by atoms with E-state index in [9.17, 15) is 4.57 Å². The number of halogens is 2. The number of hydrogen-bond donors (Lipinski definition) is 0. The van der Waals surface area contributed by atoms with Crippen LogP contribution in [-0.4, -0.2) is 56.2 Å². The third kappa shape index (κ3) is 16.0. The summed E-state index contributed by atoms with van der Waals surface area (Å²) in [5.74, 6) is 0. The van der Waals surface area contributed by atoms with Gasteiger partial charge in [0.1, 0.15) is 0 Å². The zero-order valence-corrected chi connectivity index (χ0v) is 16.3. The Hall–Kier alpha value is 2.07. The van der Waals surface area contributed by atoms with Crippen LogP contribution in [-0.2, 0) is 4.57 Å². The van der Waals surface area contributed by atoms with Crippen molar-refractivity contribution < 1.29 is 29.4 Å². The molecule has 17 heavy (non-hydrogen) atoms. The fourth-order valence-electron chi connectivity index (χ4n) is 1.67. The van der Waals surface area contributed by atoms with Crippen molar-refractivity contribution in [2.45, 2.75) is 59.3 Å². The van der Waals surface area contributed by atoms with Crippen LogP contribution in [0.2, 0.25) is 0 Å². The van der Waals surface area contributed by atoms with Crippen molar-refractivity contribution in [3.63, 3.8) is 0 Å². The first-order chi connectivity index (χ1) is 6.68. The molecular weight excluding hydrogens is 302 g/mol. The van der Waals surface area contributed by atoms with Gasteiger partial charge in [-0.05, 0) is 19.3 Å². The molecule has 0 fully saturated rings. The quantitative estimate of drug-likeness (QED) is 0.367. The molecular formula is C12H27CaCl2OP. The minimum atomic E-state index is -1.77. The van der Waals surface area contributed by atoms with E-state index in [1.54, 1.807) is 0 Å². The number of hydrogen-bond acceptors (Lipinski definition) is 1. The van der Waals surface area contributed by atoms with Crippen LogP contribution in [0.5, 0.6) is 0 Å². The largest absolute Gasteiger partial charge is 2.00 e. The summed E-state index contributed by atoms with van der Waals surface area (Å²) >= 11 is 0. The summed E-state index contributed by atoms with van der Waals surface area (Å²) in [5, 5.41) is 0. The molecule has 0 aliphatic carbocycles. The van der Waals surface area contributed by atoms with Gasteiger partial charge in [0.25, 0.3) is 0 Å². The molecule has 0 heterocycles. The fraction of sp³-hybridized carbons (Fsp3) is 1.00. The summed E-state index contributed by atoms with van der Waals surface area (Å²) < 4.78 is 12.5. The molecule has 0 saturated carbocycles. The third-order valence-corrected chi connectivity index (χ3v) is 6.15. The minimum absolute atomic E-state index is 0. The van der Waals surface area contributed by atoms with Crippen molar-refractivity contribution in [1.29, 1.82) is 0 Å². The normalized spacial score (nSPS) is 9.82. The van der Waals surface area contributed by atoms with Crippen molar-refractivity contribution in [3.05, 3.63) is 0 Å². The molecule has 0 N–H and O–H groups in total. The molecule has 0 bridgehead atoms. The van der Waals surface area contributed by atoms with Gasteiger partial charge in [0.15, 0.2) is 0 Å². The zero-order chi connectivity index (χ0) is 10.9. The SMILES string of the molecule is CCCCP(=O)(CCCC)CCCC.[Ca+2].[Cl-].[Cl-]. The Labute approximate surface area is 150 Å². The molecule has 5 heteroatoms. The summed E-state index contributed by atoms with van der Waals surface area (Å²) in [6.45, 7) is 6.55. The van der Waals surface area contributed by atoms with Gasteiger partial charge in [-0.2, -0.15) is 0 Å². The molecule has 0 amide bonds. The van der Waals surface area contributed by atoms with Gasteiger partial charge in [0, 0.05) is 18.5 Å². The van der Waals surface area contributed by atoms with Crippen LogP contribution in [0.25, 0.3) is 0 Å². The molecule has 0 aromatic heterocycles. The van der Waals surface area contributed by atoms with Gasteiger partial charge in [-0.3, -0.25) is 0 Å². The van der Waals surface area contributed by atoms with Crippen LogP contribution in [0.3, 0.4) is 0 Å². The van der Waals surface area contributed by atoms with E-state index in [1.165, 1.54) is 19.3 Å². The van der Waals surface area contributed by atoms with Crippen molar-refractivity contribution in [2.24, 2.45) is 0 Å². The van der Waals surface area contributed by atoms with E-state index in [-0.39, 0.29) is 62.6 Å². The first-order valence-corrected chi connectivity index (χ1v) is 8.52. The molecule has 0 aliphatic rings. The predicted octanol–water partition coefficient (Wildman–Crippen LogP) is -1.62. The van der Waals surface area contributed by atoms with Gasteiger partial charge in [-0.1, -0.05) is 40.0 Å². The molecule has 0 rings (SSSR count). The van der Waals surface area contributed by atoms with E-state index in [2.05, 4.69) is 20.8 Å². The summed E-state index contributed by atoms with van der Waals surface area (Å²) in [4.78, 5) is 0. The third-order valence-electron chi connectivity index (χ3n) is 2.76. The molecule has 0 spiro atoms. The Kier molecular flexibility index (Phi) is 29.1. The van der Waals surface area contributed by atoms with Gasteiger partial charge in [0.2, 0.25) is 0 Å². The standard InChI is InChI=1S/C12H27OP.Ca.2ClH/c1-4-7-10-14(13,11-8-5-2)12-9-6-3;;;/h4-12H2,1-3H3;;2*1H/q;+2;;/p-2. The van der Waals surface area contributed by atoms with E-state index in [0.29, 0.717) is 0 Å². The summed E-state index contributed by atoms with van der Waals surface area (Å²) in [6.07, 6.45) is 10.0. The monoisotopic (exact) mass is 328 g/mol.